The van der Waals surface area contributed by atoms with Gasteiger partial charge < -0.3 is 4.74 Å². The number of nitrogens with zero attached hydrogens (tertiary/aromatic N) is 2. The topological polar surface area (TPSA) is 56.8 Å². The summed E-state index contributed by atoms with van der Waals surface area (Å²) in [7, 11) is 0. The zero-order valence-electron chi connectivity index (χ0n) is 6.29. The molecule has 0 aromatic rings. The molecule has 0 saturated heterocycles. The number of nitriles is 2. The van der Waals surface area contributed by atoms with Crippen molar-refractivity contribution in [1.82, 2.24) is 0 Å². The highest BCUT2D eigenvalue weighted by Gasteiger charge is 2.01. The van der Waals surface area contributed by atoms with E-state index in [1.54, 1.807) is 19.1 Å². The molecule has 3 heteroatoms. The highest BCUT2D eigenvalue weighted by Crippen LogP contribution is 2.04. The van der Waals surface area contributed by atoms with E-state index in [-0.39, 0.29) is 11.3 Å². The van der Waals surface area contributed by atoms with E-state index in [0.717, 1.165) is 0 Å². The predicted octanol–water partition coefficient (Wildman–Crippen LogP) is 1.51. The van der Waals surface area contributed by atoms with Crippen molar-refractivity contribution < 1.29 is 4.74 Å². The monoisotopic (exact) mass is 148 g/mol. The van der Waals surface area contributed by atoms with Crippen LogP contribution in [-0.2, 0) is 4.74 Å². The first kappa shape index (κ1) is 9.26. The Morgan fingerprint density at radius 3 is 2.36 bits per heavy atom. The summed E-state index contributed by atoms with van der Waals surface area (Å²) >= 11 is 0. The first-order valence-electron chi connectivity index (χ1n) is 3.09. The van der Waals surface area contributed by atoms with Crippen LogP contribution in [0.25, 0.3) is 0 Å². The van der Waals surface area contributed by atoms with Gasteiger partial charge in [-0.2, -0.15) is 10.5 Å². The Labute approximate surface area is 65.8 Å². The number of ether oxygens (including phenoxy) is 1. The van der Waals surface area contributed by atoms with Crippen molar-refractivity contribution in [3.63, 3.8) is 0 Å². The van der Waals surface area contributed by atoms with Gasteiger partial charge in [-0.25, -0.2) is 0 Å². The molecule has 0 unspecified atom stereocenters. The Balaban J connectivity index is 4.70. The summed E-state index contributed by atoms with van der Waals surface area (Å²) < 4.78 is 4.95. The second-order valence-electron chi connectivity index (χ2n) is 1.60. The van der Waals surface area contributed by atoms with Gasteiger partial charge in [-0.05, 0) is 13.0 Å². The number of hydrogen-bond donors (Lipinski definition) is 0. The molecule has 0 bridgehead atoms. The van der Waals surface area contributed by atoms with Crippen LogP contribution in [0.2, 0.25) is 0 Å². The molecule has 0 heterocycles. The summed E-state index contributed by atoms with van der Waals surface area (Å²) in [5, 5.41) is 16.8. The summed E-state index contributed by atoms with van der Waals surface area (Å²) in [6.07, 6.45) is 1.35. The normalized spacial score (nSPS) is 7.18. The third-order valence-corrected chi connectivity index (χ3v) is 0.955. The summed E-state index contributed by atoms with van der Waals surface area (Å²) in [5.41, 5.74) is -0.0400. The van der Waals surface area contributed by atoms with Crippen LogP contribution in [0.3, 0.4) is 0 Å². The van der Waals surface area contributed by atoms with Crippen LogP contribution in [0, 0.1) is 22.7 Å². The smallest absolute Gasteiger partial charge is 0.171 e. The van der Waals surface area contributed by atoms with Gasteiger partial charge in [0, 0.05) is 0 Å². The van der Waals surface area contributed by atoms with Crippen LogP contribution in [-0.4, -0.2) is 6.61 Å². The van der Waals surface area contributed by atoms with Gasteiger partial charge in [0.1, 0.15) is 17.9 Å². The van der Waals surface area contributed by atoms with E-state index >= 15 is 0 Å². The largest absolute Gasteiger partial charge is 0.492 e. The molecule has 0 saturated carbocycles. The third-order valence-electron chi connectivity index (χ3n) is 0.955. The maximum Gasteiger partial charge on any atom is 0.171 e. The molecular formula is C8H8N2O. The van der Waals surface area contributed by atoms with Crippen LogP contribution in [0.15, 0.2) is 24.0 Å². The minimum absolute atomic E-state index is 0.0400. The lowest BCUT2D eigenvalue weighted by Gasteiger charge is -2.00. The number of rotatable bonds is 3. The fourth-order valence-electron chi connectivity index (χ4n) is 0.524. The van der Waals surface area contributed by atoms with Gasteiger partial charge in [-0.1, -0.05) is 6.58 Å². The van der Waals surface area contributed by atoms with Crippen molar-refractivity contribution in [2.75, 3.05) is 6.61 Å². The summed E-state index contributed by atoms with van der Waals surface area (Å²) in [5.74, 6) is 0.248. The van der Waals surface area contributed by atoms with Crippen LogP contribution in [0.1, 0.15) is 6.92 Å². The molecule has 0 spiro atoms. The zero-order chi connectivity index (χ0) is 8.69. The number of hydrogen-bond acceptors (Lipinski definition) is 3. The van der Waals surface area contributed by atoms with E-state index in [1.807, 2.05) is 0 Å². The van der Waals surface area contributed by atoms with Gasteiger partial charge in [0.05, 0.1) is 6.61 Å². The first-order valence-corrected chi connectivity index (χ1v) is 3.09. The lowest BCUT2D eigenvalue weighted by atomic mass is 10.3. The minimum atomic E-state index is -0.0400. The molecule has 3 nitrogen and oxygen atoms in total. The Hall–Kier alpha value is -1.74. The molecule has 0 N–H and O–H groups in total. The highest BCUT2D eigenvalue weighted by atomic mass is 16.5. The van der Waals surface area contributed by atoms with Crippen LogP contribution >= 0.6 is 0 Å². The van der Waals surface area contributed by atoms with Crippen molar-refractivity contribution in [2.45, 2.75) is 6.92 Å². The molecule has 0 amide bonds. The third kappa shape index (κ3) is 2.55. The molecular weight excluding hydrogens is 140 g/mol. The minimum Gasteiger partial charge on any atom is -0.492 e. The molecule has 0 aliphatic rings. The summed E-state index contributed by atoms with van der Waals surface area (Å²) in [4.78, 5) is 0. The van der Waals surface area contributed by atoms with Crippen LogP contribution in [0.5, 0.6) is 0 Å². The van der Waals surface area contributed by atoms with Crippen molar-refractivity contribution in [2.24, 2.45) is 0 Å². The van der Waals surface area contributed by atoms with E-state index in [2.05, 4.69) is 6.58 Å². The number of allylic oxidation sites excluding steroid dienone is 2. The Kier molecular flexibility index (Phi) is 4.27. The van der Waals surface area contributed by atoms with E-state index in [4.69, 9.17) is 15.3 Å². The zero-order valence-corrected chi connectivity index (χ0v) is 6.29. The van der Waals surface area contributed by atoms with Crippen LogP contribution < -0.4 is 0 Å². The summed E-state index contributed by atoms with van der Waals surface area (Å²) in [6.45, 7) is 5.61. The SMILES string of the molecule is C=CC(OCC)=C(C#N)C#N. The standard InChI is InChI=1S/C8H8N2O/c1-3-8(11-4-2)7(5-9)6-10/h3H,1,4H2,2H3. The predicted molar refractivity (Wildman–Crippen MR) is 40.1 cm³/mol. The fraction of sp³-hybridized carbons (Fsp3) is 0.250. The van der Waals surface area contributed by atoms with Crippen LogP contribution in [0.4, 0.5) is 0 Å². The molecule has 56 valence electrons. The molecule has 0 aromatic carbocycles. The van der Waals surface area contributed by atoms with Gasteiger partial charge in [-0.15, -0.1) is 0 Å². The van der Waals surface area contributed by atoms with E-state index in [0.29, 0.717) is 6.61 Å². The Morgan fingerprint density at radius 1 is 1.55 bits per heavy atom. The van der Waals surface area contributed by atoms with E-state index in [1.165, 1.54) is 6.08 Å². The summed E-state index contributed by atoms with van der Waals surface area (Å²) in [6, 6.07) is 3.42. The molecule has 0 aromatic heterocycles. The fourth-order valence-corrected chi connectivity index (χ4v) is 0.524. The average molecular weight is 148 g/mol. The molecule has 0 atom stereocenters. The van der Waals surface area contributed by atoms with Crippen molar-refractivity contribution in [3.8, 4) is 12.1 Å². The maximum atomic E-state index is 8.40. The van der Waals surface area contributed by atoms with Gasteiger partial charge in [0.2, 0.25) is 0 Å². The molecule has 0 rings (SSSR count). The van der Waals surface area contributed by atoms with Gasteiger partial charge in [0.15, 0.2) is 5.57 Å². The van der Waals surface area contributed by atoms with Gasteiger partial charge >= 0.3 is 0 Å². The first-order chi connectivity index (χ1) is 5.29. The highest BCUT2D eigenvalue weighted by molar-refractivity contribution is 5.41. The maximum absolute atomic E-state index is 8.40. The lowest BCUT2D eigenvalue weighted by molar-refractivity contribution is 0.241. The average Bonchev–Trinajstić information content (AvgIpc) is 2.05. The second-order valence-corrected chi connectivity index (χ2v) is 1.60. The van der Waals surface area contributed by atoms with Crippen molar-refractivity contribution >= 4 is 0 Å². The molecule has 0 aliphatic carbocycles. The van der Waals surface area contributed by atoms with E-state index < -0.39 is 0 Å². The van der Waals surface area contributed by atoms with Gasteiger partial charge in [-0.3, -0.25) is 0 Å². The van der Waals surface area contributed by atoms with E-state index in [9.17, 15) is 0 Å². The van der Waals surface area contributed by atoms with Crippen molar-refractivity contribution in [1.29, 1.82) is 10.5 Å². The Bertz CT molecular complexity index is 236. The second kappa shape index (κ2) is 5.08. The van der Waals surface area contributed by atoms with Gasteiger partial charge in [0.25, 0.3) is 0 Å². The molecule has 11 heavy (non-hydrogen) atoms. The van der Waals surface area contributed by atoms with Crippen molar-refractivity contribution in [3.05, 3.63) is 24.0 Å². The molecule has 0 fully saturated rings. The lowest BCUT2D eigenvalue weighted by Crippen LogP contribution is -1.91. The molecule has 0 radical (unpaired) electrons. The quantitative estimate of drug-likeness (QED) is 0.346. The molecule has 0 aliphatic heterocycles. The Morgan fingerprint density at radius 2 is 2.09 bits per heavy atom.